The predicted molar refractivity (Wildman–Crippen MR) is 77.9 cm³/mol. The van der Waals surface area contributed by atoms with Gasteiger partial charge in [-0.2, -0.15) is 4.98 Å². The number of nitrogen functional groups attached to an aromatic ring is 1. The summed E-state index contributed by atoms with van der Waals surface area (Å²) < 4.78 is 15.7. The Kier molecular flexibility index (Phi) is 4.84. The van der Waals surface area contributed by atoms with Crippen molar-refractivity contribution in [3.8, 4) is 17.2 Å². The second-order valence-electron chi connectivity index (χ2n) is 4.24. The van der Waals surface area contributed by atoms with Crippen molar-refractivity contribution in [1.82, 2.24) is 4.98 Å². The van der Waals surface area contributed by atoms with Gasteiger partial charge in [0.2, 0.25) is 11.8 Å². The van der Waals surface area contributed by atoms with Crippen LogP contribution < -0.4 is 15.8 Å². The fraction of sp³-hybridized carbons (Fsp3) is 0.357. The van der Waals surface area contributed by atoms with Crippen molar-refractivity contribution < 1.29 is 13.9 Å². The maximum Gasteiger partial charge on any atom is 0.238 e. The number of anilines is 2. The van der Waals surface area contributed by atoms with Gasteiger partial charge in [-0.25, -0.2) is 0 Å². The van der Waals surface area contributed by atoms with E-state index in [1.165, 1.54) is 0 Å². The van der Waals surface area contributed by atoms with E-state index in [9.17, 15) is 0 Å². The zero-order valence-electron chi connectivity index (χ0n) is 11.7. The zero-order chi connectivity index (χ0) is 14.4. The second kappa shape index (κ2) is 6.81. The molecule has 2 rings (SSSR count). The number of nitrogens with two attached hydrogens (primary N) is 1. The highest BCUT2D eigenvalue weighted by Crippen LogP contribution is 2.28. The summed E-state index contributed by atoms with van der Waals surface area (Å²) in [6, 6.07) is 7.44. The maximum atomic E-state index is 5.83. The van der Waals surface area contributed by atoms with E-state index in [1.807, 2.05) is 24.3 Å². The third-order valence-corrected chi connectivity index (χ3v) is 2.80. The fourth-order valence-electron chi connectivity index (χ4n) is 1.73. The minimum absolute atomic E-state index is 0.355. The van der Waals surface area contributed by atoms with Crippen LogP contribution in [0, 0.1) is 0 Å². The van der Waals surface area contributed by atoms with Gasteiger partial charge in [0.25, 0.3) is 0 Å². The summed E-state index contributed by atoms with van der Waals surface area (Å²) in [4.78, 5) is 4.21. The first-order valence-corrected chi connectivity index (χ1v) is 6.38. The summed E-state index contributed by atoms with van der Waals surface area (Å²) >= 11 is 0. The van der Waals surface area contributed by atoms with Crippen LogP contribution in [0.5, 0.6) is 5.75 Å². The van der Waals surface area contributed by atoms with Gasteiger partial charge in [0, 0.05) is 25.8 Å². The van der Waals surface area contributed by atoms with Gasteiger partial charge in [-0.05, 0) is 30.7 Å². The molecule has 0 amide bonds. The van der Waals surface area contributed by atoms with Crippen molar-refractivity contribution in [2.45, 2.75) is 6.42 Å². The van der Waals surface area contributed by atoms with E-state index in [0.29, 0.717) is 24.2 Å². The molecular weight excluding hydrogens is 258 g/mol. The lowest BCUT2D eigenvalue weighted by Gasteiger charge is -2.02. The van der Waals surface area contributed by atoms with Crippen LogP contribution in [-0.2, 0) is 4.74 Å². The van der Waals surface area contributed by atoms with Crippen molar-refractivity contribution in [2.24, 2.45) is 0 Å². The predicted octanol–water partition coefficient (Wildman–Crippen LogP) is 2.38. The quantitative estimate of drug-likeness (QED) is 0.756. The van der Waals surface area contributed by atoms with Crippen molar-refractivity contribution in [2.75, 3.05) is 38.4 Å². The molecule has 1 aromatic carbocycles. The average molecular weight is 277 g/mol. The third kappa shape index (κ3) is 3.42. The molecular formula is C14H19N3O3. The van der Waals surface area contributed by atoms with Crippen LogP contribution in [0.3, 0.4) is 0 Å². The summed E-state index contributed by atoms with van der Waals surface area (Å²) in [7, 11) is 3.30. The summed E-state index contributed by atoms with van der Waals surface area (Å²) in [5.41, 5.74) is 6.68. The lowest BCUT2D eigenvalue weighted by molar-refractivity contribution is 0.197. The minimum atomic E-state index is 0.355. The number of rotatable bonds is 7. The third-order valence-electron chi connectivity index (χ3n) is 2.80. The van der Waals surface area contributed by atoms with Gasteiger partial charge in [0.1, 0.15) is 5.75 Å². The number of methoxy groups -OCH3 is 2. The molecule has 0 fully saturated rings. The topological polar surface area (TPSA) is 82.5 Å². The van der Waals surface area contributed by atoms with Crippen LogP contribution in [0.4, 0.5) is 11.7 Å². The Hall–Kier alpha value is -2.21. The Morgan fingerprint density at radius 1 is 1.25 bits per heavy atom. The Morgan fingerprint density at radius 3 is 2.65 bits per heavy atom. The molecule has 0 bridgehead atoms. The van der Waals surface area contributed by atoms with Crippen LogP contribution in [0.25, 0.3) is 11.5 Å². The molecule has 6 nitrogen and oxygen atoms in total. The zero-order valence-corrected chi connectivity index (χ0v) is 11.7. The largest absolute Gasteiger partial charge is 0.497 e. The second-order valence-corrected chi connectivity index (χ2v) is 4.24. The molecule has 0 atom stereocenters. The van der Waals surface area contributed by atoms with Gasteiger partial charge >= 0.3 is 0 Å². The molecule has 0 aliphatic rings. The van der Waals surface area contributed by atoms with Gasteiger partial charge in [-0.3, -0.25) is 0 Å². The summed E-state index contributed by atoms with van der Waals surface area (Å²) in [6.07, 6.45) is 0.870. The monoisotopic (exact) mass is 277 g/mol. The summed E-state index contributed by atoms with van der Waals surface area (Å²) in [5, 5.41) is 3.10. The summed E-state index contributed by atoms with van der Waals surface area (Å²) in [5.74, 6) is 2.12. The Bertz CT molecular complexity index is 537. The highest BCUT2D eigenvalue weighted by atomic mass is 16.5. The van der Waals surface area contributed by atoms with Gasteiger partial charge in [-0.1, -0.05) is 0 Å². The van der Waals surface area contributed by atoms with Gasteiger partial charge in [0.05, 0.1) is 7.11 Å². The van der Waals surface area contributed by atoms with Crippen LogP contribution in [0.2, 0.25) is 0 Å². The number of benzene rings is 1. The molecule has 0 aliphatic heterocycles. The molecule has 3 N–H and O–H groups in total. The van der Waals surface area contributed by atoms with Crippen LogP contribution in [-0.4, -0.2) is 32.4 Å². The number of nitrogens with one attached hydrogen (secondary N) is 1. The number of aromatic nitrogens is 1. The van der Waals surface area contributed by atoms with E-state index in [0.717, 1.165) is 24.3 Å². The van der Waals surface area contributed by atoms with E-state index in [2.05, 4.69) is 10.3 Å². The number of hydrogen-bond acceptors (Lipinski definition) is 6. The molecule has 0 saturated carbocycles. The van der Waals surface area contributed by atoms with Crippen LogP contribution >= 0.6 is 0 Å². The molecule has 108 valence electrons. The van der Waals surface area contributed by atoms with E-state index in [-0.39, 0.29) is 0 Å². The van der Waals surface area contributed by atoms with Gasteiger partial charge in [-0.15, -0.1) is 0 Å². The SMILES string of the molecule is COCCCNc1oc(-c2ccc(OC)cc2)nc1N. The van der Waals surface area contributed by atoms with Gasteiger partial charge < -0.3 is 24.9 Å². The first-order valence-electron chi connectivity index (χ1n) is 6.38. The van der Waals surface area contributed by atoms with Crippen molar-refractivity contribution >= 4 is 11.7 Å². The molecule has 0 spiro atoms. The Balaban J connectivity index is 2.05. The smallest absolute Gasteiger partial charge is 0.238 e. The molecule has 20 heavy (non-hydrogen) atoms. The number of ether oxygens (including phenoxy) is 2. The minimum Gasteiger partial charge on any atom is -0.497 e. The number of oxazole rings is 1. The first-order chi connectivity index (χ1) is 9.74. The first kappa shape index (κ1) is 14.2. The van der Waals surface area contributed by atoms with Crippen LogP contribution in [0.15, 0.2) is 28.7 Å². The molecule has 0 unspecified atom stereocenters. The van der Waals surface area contributed by atoms with Crippen molar-refractivity contribution in [3.63, 3.8) is 0 Å². The fourth-order valence-corrected chi connectivity index (χ4v) is 1.73. The molecule has 1 heterocycles. The summed E-state index contributed by atoms with van der Waals surface area (Å²) in [6.45, 7) is 1.40. The normalized spacial score (nSPS) is 10.5. The Morgan fingerprint density at radius 2 is 2.00 bits per heavy atom. The molecule has 2 aromatic rings. The molecule has 0 aliphatic carbocycles. The lowest BCUT2D eigenvalue weighted by Crippen LogP contribution is -2.05. The average Bonchev–Trinajstić information content (AvgIpc) is 2.85. The molecule has 1 aromatic heterocycles. The van der Waals surface area contributed by atoms with E-state index in [1.54, 1.807) is 14.2 Å². The van der Waals surface area contributed by atoms with Crippen LogP contribution in [0.1, 0.15) is 6.42 Å². The molecule has 0 saturated heterocycles. The Labute approximate surface area is 117 Å². The lowest BCUT2D eigenvalue weighted by atomic mass is 10.2. The number of hydrogen-bond donors (Lipinski definition) is 2. The van der Waals surface area contributed by atoms with E-state index < -0.39 is 0 Å². The van der Waals surface area contributed by atoms with E-state index in [4.69, 9.17) is 19.6 Å². The standard InChI is InChI=1S/C14H19N3O3/c1-18-9-3-8-16-14-12(15)17-13(20-14)10-4-6-11(19-2)7-5-10/h4-7,16H,3,8-9,15H2,1-2H3. The highest BCUT2D eigenvalue weighted by molar-refractivity contribution is 5.63. The maximum absolute atomic E-state index is 5.83. The van der Waals surface area contributed by atoms with Crippen molar-refractivity contribution in [1.29, 1.82) is 0 Å². The molecule has 0 radical (unpaired) electrons. The van der Waals surface area contributed by atoms with E-state index >= 15 is 0 Å². The van der Waals surface area contributed by atoms with Gasteiger partial charge in [0.15, 0.2) is 5.82 Å². The van der Waals surface area contributed by atoms with Crippen molar-refractivity contribution in [3.05, 3.63) is 24.3 Å². The molecule has 6 heteroatoms. The number of nitrogens with zero attached hydrogens (tertiary/aromatic N) is 1. The highest BCUT2D eigenvalue weighted by Gasteiger charge is 2.11.